The molecule has 6 nitrogen and oxygen atoms in total. The van der Waals surface area contributed by atoms with Gasteiger partial charge in [-0.05, 0) is 31.1 Å². The molecule has 0 spiro atoms. The third-order valence-electron chi connectivity index (χ3n) is 3.94. The van der Waals surface area contributed by atoms with Gasteiger partial charge >= 0.3 is 0 Å². The van der Waals surface area contributed by atoms with E-state index in [0.717, 1.165) is 25.9 Å². The molecule has 2 unspecified atom stereocenters. The molecule has 2 aliphatic rings. The predicted molar refractivity (Wildman–Crippen MR) is 87.3 cm³/mol. The SMILES string of the molecule is N=C1C=C([NH+]([O-])c2ccc(OC3CCCCO3)cc2)C(N)=CC1. The van der Waals surface area contributed by atoms with Crippen molar-refractivity contribution in [1.29, 1.82) is 5.41 Å². The van der Waals surface area contributed by atoms with E-state index in [-0.39, 0.29) is 11.4 Å². The molecule has 3 rings (SSSR count). The van der Waals surface area contributed by atoms with Crippen LogP contribution in [0.5, 0.6) is 5.75 Å². The number of rotatable bonds is 4. The Labute approximate surface area is 135 Å². The Balaban J connectivity index is 1.69. The minimum Gasteiger partial charge on any atom is -0.623 e. The van der Waals surface area contributed by atoms with Gasteiger partial charge in [-0.2, -0.15) is 0 Å². The molecular weight excluding hydrogens is 294 g/mol. The lowest BCUT2D eigenvalue weighted by molar-refractivity contribution is -0.728. The summed E-state index contributed by atoms with van der Waals surface area (Å²) < 4.78 is 11.3. The van der Waals surface area contributed by atoms with Crippen LogP contribution in [0.1, 0.15) is 25.7 Å². The molecule has 2 atom stereocenters. The summed E-state index contributed by atoms with van der Waals surface area (Å²) in [5.74, 6) is 0.683. The number of hydrogen-bond donors (Lipinski definition) is 3. The first-order valence-electron chi connectivity index (χ1n) is 7.81. The fourth-order valence-corrected chi connectivity index (χ4v) is 2.64. The second-order valence-corrected chi connectivity index (χ2v) is 5.71. The standard InChI is InChI=1S/C17H21N3O3/c18-12-4-9-15(19)16(11-12)20(21)13-5-7-14(8-6-13)23-17-3-1-2-10-22-17/h5-9,11,17-18,20H,1-4,10,19H2. The highest BCUT2D eigenvalue weighted by Gasteiger charge is 2.18. The van der Waals surface area contributed by atoms with Crippen molar-refractivity contribution < 1.29 is 14.5 Å². The molecule has 0 aromatic heterocycles. The van der Waals surface area contributed by atoms with Crippen molar-refractivity contribution in [2.24, 2.45) is 5.73 Å². The number of nitrogens with two attached hydrogens (primary N) is 1. The summed E-state index contributed by atoms with van der Waals surface area (Å²) in [6, 6.07) is 6.96. The van der Waals surface area contributed by atoms with Crippen molar-refractivity contribution in [1.82, 2.24) is 0 Å². The first kappa shape index (κ1) is 15.7. The average Bonchev–Trinajstić information content (AvgIpc) is 2.58. The van der Waals surface area contributed by atoms with Gasteiger partial charge in [-0.25, -0.2) is 0 Å². The largest absolute Gasteiger partial charge is 0.623 e. The van der Waals surface area contributed by atoms with Crippen LogP contribution in [0.2, 0.25) is 0 Å². The van der Waals surface area contributed by atoms with Gasteiger partial charge in [0.2, 0.25) is 0 Å². The summed E-state index contributed by atoms with van der Waals surface area (Å²) in [6.07, 6.45) is 6.57. The van der Waals surface area contributed by atoms with Gasteiger partial charge in [-0.3, -0.25) is 0 Å². The lowest BCUT2D eigenvalue weighted by Crippen LogP contribution is -3.00. The van der Waals surface area contributed by atoms with E-state index < -0.39 is 0 Å². The molecule has 6 heteroatoms. The number of quaternary nitrogens is 1. The highest BCUT2D eigenvalue weighted by atomic mass is 16.7. The zero-order valence-electron chi connectivity index (χ0n) is 12.9. The van der Waals surface area contributed by atoms with Gasteiger partial charge in [-0.15, -0.1) is 0 Å². The first-order chi connectivity index (χ1) is 11.1. The minimum atomic E-state index is -0.203. The maximum atomic E-state index is 12.5. The van der Waals surface area contributed by atoms with Crippen LogP contribution in [0.3, 0.4) is 0 Å². The monoisotopic (exact) mass is 315 g/mol. The van der Waals surface area contributed by atoms with E-state index in [9.17, 15) is 5.21 Å². The second-order valence-electron chi connectivity index (χ2n) is 5.71. The van der Waals surface area contributed by atoms with Crippen LogP contribution in [0.4, 0.5) is 5.69 Å². The molecular formula is C17H21N3O3. The summed E-state index contributed by atoms with van der Waals surface area (Å²) in [5, 5.41) is 20.0. The smallest absolute Gasteiger partial charge is 0.199 e. The molecule has 0 saturated carbocycles. The van der Waals surface area contributed by atoms with Crippen molar-refractivity contribution >= 4 is 11.4 Å². The Morgan fingerprint density at radius 3 is 2.74 bits per heavy atom. The zero-order chi connectivity index (χ0) is 16.2. The van der Waals surface area contributed by atoms with Crippen molar-refractivity contribution in [2.75, 3.05) is 6.61 Å². The summed E-state index contributed by atoms with van der Waals surface area (Å²) in [7, 11) is 0. The number of benzene rings is 1. The number of allylic oxidation sites excluding steroid dienone is 2. The molecule has 0 radical (unpaired) electrons. The van der Waals surface area contributed by atoms with Crippen molar-refractivity contribution in [2.45, 2.75) is 32.0 Å². The average molecular weight is 315 g/mol. The molecule has 1 aromatic carbocycles. The van der Waals surface area contributed by atoms with Crippen molar-refractivity contribution in [3.05, 3.63) is 53.0 Å². The van der Waals surface area contributed by atoms with Gasteiger partial charge in [-0.1, -0.05) is 0 Å². The Morgan fingerprint density at radius 1 is 1.26 bits per heavy atom. The Bertz CT molecular complexity index is 631. The van der Waals surface area contributed by atoms with Crippen LogP contribution < -0.4 is 15.5 Å². The van der Waals surface area contributed by atoms with Crippen LogP contribution in [-0.2, 0) is 4.74 Å². The number of hydroxylamine groups is 1. The molecule has 122 valence electrons. The first-order valence-corrected chi connectivity index (χ1v) is 7.81. The third kappa shape index (κ3) is 3.79. The van der Waals surface area contributed by atoms with Crippen LogP contribution in [0.15, 0.2) is 47.8 Å². The highest BCUT2D eigenvalue weighted by molar-refractivity contribution is 5.95. The molecule has 1 aliphatic heterocycles. The number of ether oxygens (including phenoxy) is 2. The van der Waals surface area contributed by atoms with E-state index in [4.69, 9.17) is 20.6 Å². The van der Waals surface area contributed by atoms with E-state index in [1.165, 1.54) is 6.08 Å². The summed E-state index contributed by atoms with van der Waals surface area (Å²) >= 11 is 0. The number of hydrogen-bond acceptors (Lipinski definition) is 5. The van der Waals surface area contributed by atoms with Crippen molar-refractivity contribution in [3.8, 4) is 5.75 Å². The quantitative estimate of drug-likeness (QED) is 0.738. The van der Waals surface area contributed by atoms with E-state index in [0.29, 0.717) is 35.0 Å². The Hall–Kier alpha value is -2.15. The highest BCUT2D eigenvalue weighted by Crippen LogP contribution is 2.20. The van der Waals surface area contributed by atoms with Gasteiger partial charge in [0.15, 0.2) is 12.0 Å². The Morgan fingerprint density at radius 2 is 2.04 bits per heavy atom. The molecule has 1 aliphatic carbocycles. The zero-order valence-corrected chi connectivity index (χ0v) is 12.9. The molecule has 1 saturated heterocycles. The van der Waals surface area contributed by atoms with E-state index in [1.54, 1.807) is 30.3 Å². The minimum absolute atomic E-state index is 0.177. The maximum absolute atomic E-state index is 12.5. The molecule has 4 N–H and O–H groups in total. The van der Waals surface area contributed by atoms with Crippen LogP contribution in [0.25, 0.3) is 0 Å². The predicted octanol–water partition coefficient (Wildman–Crippen LogP) is 1.76. The van der Waals surface area contributed by atoms with Gasteiger partial charge in [0.25, 0.3) is 0 Å². The lowest BCUT2D eigenvalue weighted by atomic mass is 10.1. The lowest BCUT2D eigenvalue weighted by Gasteiger charge is -2.26. The van der Waals surface area contributed by atoms with Crippen LogP contribution >= 0.6 is 0 Å². The van der Waals surface area contributed by atoms with Gasteiger partial charge < -0.3 is 30.9 Å². The normalized spacial score (nSPS) is 23.0. The van der Waals surface area contributed by atoms with Gasteiger partial charge in [0.1, 0.15) is 11.4 Å². The van der Waals surface area contributed by atoms with E-state index >= 15 is 0 Å². The van der Waals surface area contributed by atoms with Crippen molar-refractivity contribution in [3.63, 3.8) is 0 Å². The molecule has 0 bridgehead atoms. The molecule has 0 amide bonds. The molecule has 23 heavy (non-hydrogen) atoms. The van der Waals surface area contributed by atoms with Crippen LogP contribution in [0, 0.1) is 10.6 Å². The third-order valence-corrected chi connectivity index (χ3v) is 3.94. The van der Waals surface area contributed by atoms with E-state index in [2.05, 4.69) is 0 Å². The molecule has 1 fully saturated rings. The second kappa shape index (κ2) is 6.95. The maximum Gasteiger partial charge on any atom is 0.199 e. The summed E-state index contributed by atoms with van der Waals surface area (Å²) in [5.41, 5.74) is 7.59. The van der Waals surface area contributed by atoms with Gasteiger partial charge in [0, 0.05) is 36.8 Å². The van der Waals surface area contributed by atoms with Gasteiger partial charge in [0.05, 0.1) is 12.3 Å². The molecule has 1 heterocycles. The summed E-state index contributed by atoms with van der Waals surface area (Å²) in [6.45, 7) is 0.729. The fourth-order valence-electron chi connectivity index (χ4n) is 2.64. The molecule has 1 aromatic rings. The number of nitrogens with one attached hydrogen (secondary N) is 2. The topological polar surface area (TPSA) is 95.8 Å². The van der Waals surface area contributed by atoms with E-state index in [1.807, 2.05) is 0 Å². The Kier molecular flexibility index (Phi) is 4.76. The van der Waals surface area contributed by atoms with Crippen LogP contribution in [-0.4, -0.2) is 18.6 Å². The summed E-state index contributed by atoms with van der Waals surface area (Å²) in [4.78, 5) is 0. The fraction of sp³-hybridized carbons (Fsp3) is 0.353.